The van der Waals surface area contributed by atoms with Gasteiger partial charge >= 0.3 is 11.9 Å². The molecule has 0 fully saturated rings. The van der Waals surface area contributed by atoms with E-state index in [0.29, 0.717) is 25.7 Å². The maximum Gasteiger partial charge on any atom is 0.374 e. The fourth-order valence-electron chi connectivity index (χ4n) is 7.33. The Bertz CT molecular complexity index is 1720. The van der Waals surface area contributed by atoms with Gasteiger partial charge < -0.3 is 33.8 Å². The number of rotatable bonds is 0. The molecule has 0 amide bonds. The number of hydrogen-bond acceptors (Lipinski definition) is 5. The first kappa shape index (κ1) is 31.0. The molecule has 4 N–H and O–H groups in total. The number of fused-ring (bicyclic) bond motifs is 8. The molecule has 12 bridgehead atoms. The van der Waals surface area contributed by atoms with Crippen LogP contribution < -0.4 is 0 Å². The number of esters is 2. The number of carbonyl (C=O) groups excluding carboxylic acids is 2. The van der Waals surface area contributed by atoms with Crippen molar-refractivity contribution in [3.8, 4) is 0 Å². The first-order valence-corrected chi connectivity index (χ1v) is 16.6. The van der Waals surface area contributed by atoms with Gasteiger partial charge in [0.1, 0.15) is 0 Å². The molecule has 0 saturated carbocycles. The number of ether oxygens (including phenoxy) is 2. The first-order chi connectivity index (χ1) is 22.3. The Morgan fingerprint density at radius 2 is 0.766 bits per heavy atom. The number of hydrogen-bond donors (Lipinski definition) is 4. The Hall–Kier alpha value is -4.66. The van der Waals surface area contributed by atoms with E-state index in [1.165, 1.54) is 12.1 Å². The van der Waals surface area contributed by atoms with E-state index in [1.54, 1.807) is 0 Å². The smallest absolute Gasteiger partial charge is 0.374 e. The van der Waals surface area contributed by atoms with E-state index in [4.69, 9.17) is 13.9 Å². The molecular weight excluding hydrogens is 592 g/mol. The number of aromatic nitrogens is 4. The molecule has 246 valence electrons. The molecule has 0 aromatic carbocycles. The van der Waals surface area contributed by atoms with Crippen LogP contribution in [0.15, 0.2) is 65.1 Å². The Morgan fingerprint density at radius 1 is 0.468 bits per heavy atom. The maximum atomic E-state index is 12.8. The van der Waals surface area contributed by atoms with Crippen molar-refractivity contribution in [2.75, 3.05) is 13.2 Å². The van der Waals surface area contributed by atoms with Crippen molar-refractivity contribution in [1.29, 1.82) is 0 Å². The highest BCUT2D eigenvalue weighted by Crippen LogP contribution is 2.43. The highest BCUT2D eigenvalue weighted by Gasteiger charge is 2.39. The third-order valence-corrected chi connectivity index (χ3v) is 10.9. The van der Waals surface area contributed by atoms with Crippen molar-refractivity contribution in [2.45, 2.75) is 88.9 Å². The van der Waals surface area contributed by atoms with Crippen LogP contribution in [-0.4, -0.2) is 45.1 Å². The standard InChI is InChI=1S/C38H44N4O5/c1-35(2)25-11-15-29(39-25)37(5)19-7-21-45-33(43)23-9-10-24(47-23)34(44)46-22-8-20-38(6,30-16-12-26(35)40-30)32-18-14-28(42-32)36(3,4)27-13-17-31(37)41-27/h9-18,39-42H,7-8,19-22H2,1-6H3. The van der Waals surface area contributed by atoms with Gasteiger partial charge in [0.05, 0.1) is 13.2 Å². The van der Waals surface area contributed by atoms with Crippen LogP contribution in [0.4, 0.5) is 0 Å². The van der Waals surface area contributed by atoms with Gasteiger partial charge in [-0.1, -0.05) is 0 Å². The summed E-state index contributed by atoms with van der Waals surface area (Å²) in [5.74, 6) is -1.25. The number of carbonyl (C=O) groups is 2. The SMILES string of the molecule is CC1(C)c2ccc([nH]2)C2(C)CCCOC(=O)c3ccc(o3)C(=O)OCCCC(C)(c3ccc1[nH]3)c1ccc([nH]1)C(C)(C)c1ccc2[nH]1. The predicted molar refractivity (Wildman–Crippen MR) is 178 cm³/mol. The molecule has 8 rings (SSSR count). The number of H-pyrrole nitrogens is 4. The van der Waals surface area contributed by atoms with Crippen molar-refractivity contribution >= 4 is 11.9 Å². The first-order valence-electron chi connectivity index (χ1n) is 16.6. The molecule has 8 heterocycles. The van der Waals surface area contributed by atoms with Gasteiger partial charge in [0.25, 0.3) is 0 Å². The Balaban J connectivity index is 1.40. The molecular formula is C38H44N4O5. The van der Waals surface area contributed by atoms with Gasteiger partial charge in [0, 0.05) is 67.2 Å². The molecule has 5 aromatic rings. The van der Waals surface area contributed by atoms with Gasteiger partial charge in [0.2, 0.25) is 11.5 Å². The van der Waals surface area contributed by atoms with E-state index >= 15 is 0 Å². The fourth-order valence-corrected chi connectivity index (χ4v) is 7.33. The lowest BCUT2D eigenvalue weighted by Gasteiger charge is -2.31. The summed E-state index contributed by atoms with van der Waals surface area (Å²) in [6, 6.07) is 20.4. The summed E-state index contributed by atoms with van der Waals surface area (Å²) in [5, 5.41) is 0. The van der Waals surface area contributed by atoms with Crippen LogP contribution in [-0.2, 0) is 31.1 Å². The zero-order chi connectivity index (χ0) is 33.2. The molecule has 47 heavy (non-hydrogen) atoms. The topological polar surface area (TPSA) is 129 Å². The minimum Gasteiger partial charge on any atom is -0.460 e. The highest BCUT2D eigenvalue weighted by molar-refractivity contribution is 5.90. The monoisotopic (exact) mass is 636 g/mol. The molecule has 0 unspecified atom stereocenters. The Labute approximate surface area is 274 Å². The zero-order valence-electron chi connectivity index (χ0n) is 28.1. The summed E-state index contributed by atoms with van der Waals surface area (Å²) in [7, 11) is 0. The molecule has 0 aliphatic carbocycles. The Kier molecular flexibility index (Phi) is 7.22. The summed E-state index contributed by atoms with van der Waals surface area (Å²) < 4.78 is 16.8. The highest BCUT2D eigenvalue weighted by atomic mass is 16.6. The number of aromatic amines is 4. The van der Waals surface area contributed by atoms with Gasteiger partial charge in [-0.25, -0.2) is 9.59 Å². The van der Waals surface area contributed by atoms with Crippen molar-refractivity contribution in [3.05, 3.63) is 118 Å². The number of nitrogens with one attached hydrogen (secondary N) is 4. The lowest BCUT2D eigenvalue weighted by molar-refractivity contribution is 0.0422. The van der Waals surface area contributed by atoms with Gasteiger partial charge in [-0.3, -0.25) is 0 Å². The third-order valence-electron chi connectivity index (χ3n) is 10.9. The molecule has 3 aliphatic rings. The zero-order valence-corrected chi connectivity index (χ0v) is 28.1. The number of furan rings is 1. The normalized spacial score (nSPS) is 24.4. The second-order valence-electron chi connectivity index (χ2n) is 14.7. The van der Waals surface area contributed by atoms with E-state index in [1.807, 2.05) is 0 Å². The van der Waals surface area contributed by atoms with Gasteiger partial charge in [-0.15, -0.1) is 0 Å². The third kappa shape index (κ3) is 5.07. The van der Waals surface area contributed by atoms with Crippen LogP contribution in [0.1, 0.15) is 134 Å². The van der Waals surface area contributed by atoms with E-state index in [0.717, 1.165) is 45.6 Å². The van der Waals surface area contributed by atoms with E-state index < -0.39 is 22.8 Å². The van der Waals surface area contributed by atoms with Crippen LogP contribution in [0, 0.1) is 0 Å². The molecule has 0 radical (unpaired) electrons. The molecule has 0 saturated heterocycles. The average Bonchev–Trinajstić information content (AvgIpc) is 3.87. The maximum absolute atomic E-state index is 12.8. The molecule has 3 aliphatic heterocycles. The van der Waals surface area contributed by atoms with Crippen LogP contribution in [0.5, 0.6) is 0 Å². The van der Waals surface area contributed by atoms with Crippen molar-refractivity contribution in [2.24, 2.45) is 0 Å². The lowest BCUT2D eigenvalue weighted by atomic mass is 9.79. The van der Waals surface area contributed by atoms with Crippen LogP contribution in [0.2, 0.25) is 0 Å². The van der Waals surface area contributed by atoms with Crippen molar-refractivity contribution in [3.63, 3.8) is 0 Å². The van der Waals surface area contributed by atoms with Crippen LogP contribution >= 0.6 is 0 Å². The predicted octanol–water partition coefficient (Wildman–Crippen LogP) is 7.76. The average molecular weight is 637 g/mol. The van der Waals surface area contributed by atoms with Crippen molar-refractivity contribution < 1.29 is 23.5 Å². The summed E-state index contributed by atoms with van der Waals surface area (Å²) in [5.41, 5.74) is 7.17. The largest absolute Gasteiger partial charge is 0.460 e. The quantitative estimate of drug-likeness (QED) is 0.129. The summed E-state index contributed by atoms with van der Waals surface area (Å²) in [6.07, 6.45) is 2.61. The van der Waals surface area contributed by atoms with E-state index in [2.05, 4.69) is 110 Å². The van der Waals surface area contributed by atoms with E-state index in [-0.39, 0.29) is 35.6 Å². The Morgan fingerprint density at radius 3 is 1.09 bits per heavy atom. The summed E-state index contributed by atoms with van der Waals surface area (Å²) >= 11 is 0. The lowest BCUT2D eigenvalue weighted by Crippen LogP contribution is -2.29. The molecule has 9 heteroatoms. The molecule has 5 aromatic heterocycles. The molecule has 9 nitrogen and oxygen atoms in total. The van der Waals surface area contributed by atoms with Gasteiger partial charge in [-0.05, 0) is 128 Å². The van der Waals surface area contributed by atoms with Crippen molar-refractivity contribution in [1.82, 2.24) is 19.9 Å². The minimum absolute atomic E-state index is 0.0193. The van der Waals surface area contributed by atoms with Crippen LogP contribution in [0.3, 0.4) is 0 Å². The second kappa shape index (κ2) is 11.0. The minimum atomic E-state index is -0.604. The van der Waals surface area contributed by atoms with Gasteiger partial charge in [0.15, 0.2) is 0 Å². The summed E-state index contributed by atoms with van der Waals surface area (Å²) in [4.78, 5) is 41.0. The summed E-state index contributed by atoms with van der Waals surface area (Å²) in [6.45, 7) is 13.8. The van der Waals surface area contributed by atoms with E-state index in [9.17, 15) is 9.59 Å². The molecule has 0 spiro atoms. The fraction of sp³-hybridized carbons (Fsp3) is 0.421. The molecule has 0 atom stereocenters. The van der Waals surface area contributed by atoms with Crippen LogP contribution in [0.25, 0.3) is 0 Å². The van der Waals surface area contributed by atoms with Gasteiger partial charge in [-0.2, -0.15) is 0 Å². The second-order valence-corrected chi connectivity index (χ2v) is 14.7.